The third kappa shape index (κ3) is 3.29. The number of nitrogens with zero attached hydrogens (tertiary/aromatic N) is 2. The maximum Gasteiger partial charge on any atom is 0.282 e. The molecule has 2 heterocycles. The van der Waals surface area contributed by atoms with E-state index in [1.54, 1.807) is 0 Å². The molecule has 3 amide bonds. The van der Waals surface area contributed by atoms with Crippen LogP contribution in [-0.4, -0.2) is 33.6 Å². The third-order valence-electron chi connectivity index (χ3n) is 4.70. The van der Waals surface area contributed by atoms with Crippen molar-refractivity contribution in [3.8, 4) is 0 Å². The number of thiophene rings is 1. The van der Waals surface area contributed by atoms with E-state index in [9.17, 15) is 24.5 Å². The Kier molecular flexibility index (Phi) is 5.28. The van der Waals surface area contributed by atoms with Crippen molar-refractivity contribution in [2.45, 2.75) is 32.9 Å². The molecule has 1 aliphatic heterocycles. The monoisotopic (exact) mass is 401 g/mol. The quantitative estimate of drug-likeness (QED) is 0.454. The number of carbonyl (C=O) groups is 3. The first-order valence-corrected chi connectivity index (χ1v) is 9.61. The Labute approximate surface area is 165 Å². The number of rotatable bonds is 6. The van der Waals surface area contributed by atoms with Crippen molar-refractivity contribution in [1.82, 2.24) is 10.2 Å². The van der Waals surface area contributed by atoms with Crippen LogP contribution in [0.5, 0.6) is 0 Å². The number of amides is 3. The Balaban J connectivity index is 1.86. The van der Waals surface area contributed by atoms with Crippen LogP contribution in [0.1, 0.15) is 52.4 Å². The van der Waals surface area contributed by atoms with Crippen LogP contribution in [0.4, 0.5) is 5.69 Å². The van der Waals surface area contributed by atoms with Crippen LogP contribution < -0.4 is 5.32 Å². The summed E-state index contributed by atoms with van der Waals surface area (Å²) < 4.78 is 0. The predicted octanol–water partition coefficient (Wildman–Crippen LogP) is 3.15. The molecule has 0 bridgehead atoms. The van der Waals surface area contributed by atoms with Gasteiger partial charge < -0.3 is 5.32 Å². The van der Waals surface area contributed by atoms with Gasteiger partial charge in [0.05, 0.1) is 16.5 Å². The molecule has 0 aliphatic carbocycles. The van der Waals surface area contributed by atoms with Crippen LogP contribution >= 0.6 is 11.3 Å². The first-order chi connectivity index (χ1) is 13.2. The first kappa shape index (κ1) is 19.7. The number of imide groups is 1. The predicted molar refractivity (Wildman–Crippen MR) is 103 cm³/mol. The molecule has 146 valence electrons. The van der Waals surface area contributed by atoms with Gasteiger partial charge in [0.2, 0.25) is 5.91 Å². The fourth-order valence-corrected chi connectivity index (χ4v) is 4.16. The molecule has 3 rings (SSSR count). The standard InChI is InChI=1S/C19H19N3O5S/c1-10(2)16(14-8-5-9-28-14)20-17(23)11(3)21-18(24)12-6-4-7-13(22(26)27)15(12)19(21)25/h4-11,16H,1-3H3,(H,20,23). The normalized spacial score (nSPS) is 15.5. The average molecular weight is 401 g/mol. The number of hydrogen-bond acceptors (Lipinski definition) is 6. The lowest BCUT2D eigenvalue weighted by atomic mass is 10.0. The molecule has 2 atom stereocenters. The molecule has 9 heteroatoms. The van der Waals surface area contributed by atoms with Gasteiger partial charge >= 0.3 is 0 Å². The molecule has 0 saturated heterocycles. The molecule has 0 spiro atoms. The van der Waals surface area contributed by atoms with Crippen molar-refractivity contribution in [2.75, 3.05) is 0 Å². The van der Waals surface area contributed by atoms with E-state index in [1.807, 2.05) is 31.4 Å². The number of hydrogen-bond donors (Lipinski definition) is 1. The summed E-state index contributed by atoms with van der Waals surface area (Å²) in [6, 6.07) is 6.30. The van der Waals surface area contributed by atoms with Crippen molar-refractivity contribution in [3.63, 3.8) is 0 Å². The van der Waals surface area contributed by atoms with E-state index in [-0.39, 0.29) is 23.1 Å². The van der Waals surface area contributed by atoms with Gasteiger partial charge in [-0.05, 0) is 30.4 Å². The van der Waals surface area contributed by atoms with Crippen molar-refractivity contribution in [3.05, 3.63) is 61.8 Å². The number of benzene rings is 1. The second-order valence-corrected chi connectivity index (χ2v) is 7.84. The molecule has 0 radical (unpaired) electrons. The van der Waals surface area contributed by atoms with Crippen molar-refractivity contribution in [2.24, 2.45) is 5.92 Å². The molecule has 1 aliphatic rings. The molecule has 28 heavy (non-hydrogen) atoms. The van der Waals surface area contributed by atoms with Crippen LogP contribution in [0.3, 0.4) is 0 Å². The van der Waals surface area contributed by atoms with E-state index < -0.39 is 34.4 Å². The minimum absolute atomic E-state index is 0.0579. The molecular weight excluding hydrogens is 382 g/mol. The molecule has 0 fully saturated rings. The Hall–Kier alpha value is -3.07. The Morgan fingerprint density at radius 2 is 1.86 bits per heavy atom. The van der Waals surface area contributed by atoms with Gasteiger partial charge in [-0.15, -0.1) is 11.3 Å². The van der Waals surface area contributed by atoms with Crippen LogP contribution in [-0.2, 0) is 4.79 Å². The van der Waals surface area contributed by atoms with Crippen LogP contribution in [0.25, 0.3) is 0 Å². The van der Waals surface area contributed by atoms with Crippen molar-refractivity contribution in [1.29, 1.82) is 0 Å². The summed E-state index contributed by atoms with van der Waals surface area (Å²) >= 11 is 1.50. The lowest BCUT2D eigenvalue weighted by molar-refractivity contribution is -0.385. The number of nitro benzene ring substituents is 1. The maximum absolute atomic E-state index is 12.8. The zero-order chi connectivity index (χ0) is 20.6. The summed E-state index contributed by atoms with van der Waals surface area (Å²) in [5.41, 5.74) is -0.766. The number of carbonyl (C=O) groups excluding carboxylic acids is 3. The van der Waals surface area contributed by atoms with Gasteiger partial charge in [-0.25, -0.2) is 0 Å². The zero-order valence-corrected chi connectivity index (χ0v) is 16.4. The second kappa shape index (κ2) is 7.51. The van der Waals surface area contributed by atoms with Crippen molar-refractivity contribution < 1.29 is 19.3 Å². The van der Waals surface area contributed by atoms with Gasteiger partial charge in [-0.2, -0.15) is 0 Å². The topological polar surface area (TPSA) is 110 Å². The van der Waals surface area contributed by atoms with Crippen molar-refractivity contribution >= 4 is 34.7 Å². The van der Waals surface area contributed by atoms with Gasteiger partial charge in [0.25, 0.3) is 17.5 Å². The summed E-state index contributed by atoms with van der Waals surface area (Å²) in [6.07, 6.45) is 0. The van der Waals surface area contributed by atoms with Crippen LogP contribution in [0, 0.1) is 16.0 Å². The first-order valence-electron chi connectivity index (χ1n) is 8.73. The maximum atomic E-state index is 12.8. The zero-order valence-electron chi connectivity index (χ0n) is 15.5. The van der Waals surface area contributed by atoms with Gasteiger partial charge in [0, 0.05) is 10.9 Å². The average Bonchev–Trinajstić information content (AvgIpc) is 3.26. The lowest BCUT2D eigenvalue weighted by Crippen LogP contribution is -2.49. The minimum Gasteiger partial charge on any atom is -0.346 e. The Morgan fingerprint density at radius 1 is 1.14 bits per heavy atom. The fourth-order valence-electron chi connectivity index (χ4n) is 3.22. The molecule has 1 aromatic carbocycles. The molecular formula is C19H19N3O5S. The highest BCUT2D eigenvalue weighted by Gasteiger charge is 2.45. The molecule has 2 unspecified atom stereocenters. The van der Waals surface area contributed by atoms with Crippen LogP contribution in [0.15, 0.2) is 35.7 Å². The highest BCUT2D eigenvalue weighted by atomic mass is 32.1. The highest BCUT2D eigenvalue weighted by molar-refractivity contribution is 7.10. The highest BCUT2D eigenvalue weighted by Crippen LogP contribution is 2.32. The largest absolute Gasteiger partial charge is 0.346 e. The van der Waals surface area contributed by atoms with Gasteiger partial charge in [0.1, 0.15) is 11.6 Å². The second-order valence-electron chi connectivity index (χ2n) is 6.86. The molecule has 1 N–H and O–H groups in total. The smallest absolute Gasteiger partial charge is 0.282 e. The fraction of sp³-hybridized carbons (Fsp3) is 0.316. The van der Waals surface area contributed by atoms with E-state index in [1.165, 1.54) is 36.5 Å². The van der Waals surface area contributed by atoms with E-state index in [0.717, 1.165) is 9.78 Å². The minimum atomic E-state index is -1.10. The SMILES string of the molecule is CC(C)C(NC(=O)C(C)N1C(=O)c2cccc([N+](=O)[O-])c2C1=O)c1cccs1. The van der Waals surface area contributed by atoms with Gasteiger partial charge in [-0.3, -0.25) is 29.4 Å². The Morgan fingerprint density at radius 3 is 2.43 bits per heavy atom. The van der Waals surface area contributed by atoms with Gasteiger partial charge in [0.15, 0.2) is 0 Å². The number of fused-ring (bicyclic) bond motifs is 1. The van der Waals surface area contributed by atoms with E-state index in [0.29, 0.717) is 0 Å². The molecule has 2 aromatic rings. The Bertz CT molecular complexity index is 954. The number of nitrogens with one attached hydrogen (secondary N) is 1. The summed E-state index contributed by atoms with van der Waals surface area (Å²) in [7, 11) is 0. The van der Waals surface area contributed by atoms with E-state index >= 15 is 0 Å². The lowest BCUT2D eigenvalue weighted by Gasteiger charge is -2.26. The third-order valence-corrected chi connectivity index (χ3v) is 5.66. The number of nitro groups is 1. The summed E-state index contributed by atoms with van der Waals surface area (Å²) in [5, 5.41) is 16.0. The summed E-state index contributed by atoms with van der Waals surface area (Å²) in [6.45, 7) is 5.36. The molecule has 8 nitrogen and oxygen atoms in total. The summed E-state index contributed by atoms with van der Waals surface area (Å²) in [5.74, 6) is -1.93. The van der Waals surface area contributed by atoms with E-state index in [2.05, 4.69) is 5.32 Å². The summed E-state index contributed by atoms with van der Waals surface area (Å²) in [4.78, 5) is 50.5. The molecule has 1 aromatic heterocycles. The van der Waals surface area contributed by atoms with Crippen LogP contribution in [0.2, 0.25) is 0 Å². The van der Waals surface area contributed by atoms with E-state index in [4.69, 9.17) is 0 Å². The molecule has 0 saturated carbocycles. The van der Waals surface area contributed by atoms with Gasteiger partial charge in [-0.1, -0.05) is 26.0 Å².